The summed E-state index contributed by atoms with van der Waals surface area (Å²) in [5, 5.41) is 3.66. The number of aryl methyl sites for hydroxylation is 1. The van der Waals surface area contributed by atoms with Crippen LogP contribution >= 0.6 is 23.2 Å². The van der Waals surface area contributed by atoms with Crippen LogP contribution in [-0.2, 0) is 22.6 Å². The van der Waals surface area contributed by atoms with Gasteiger partial charge in [0.05, 0.1) is 6.42 Å². The van der Waals surface area contributed by atoms with Gasteiger partial charge in [-0.3, -0.25) is 9.59 Å². The third kappa shape index (κ3) is 5.72. The molecule has 0 heterocycles. The summed E-state index contributed by atoms with van der Waals surface area (Å²) in [6.45, 7) is 6.42. The summed E-state index contributed by atoms with van der Waals surface area (Å²) in [6.07, 6.45) is 0.0358. The van der Waals surface area contributed by atoms with E-state index in [2.05, 4.69) is 5.32 Å². The monoisotopic (exact) mass is 406 g/mol. The van der Waals surface area contributed by atoms with Gasteiger partial charge in [-0.2, -0.15) is 0 Å². The van der Waals surface area contributed by atoms with Crippen molar-refractivity contribution >= 4 is 35.0 Å². The Bertz CT molecular complexity index is 786. The van der Waals surface area contributed by atoms with E-state index in [0.29, 0.717) is 28.7 Å². The first-order valence-corrected chi connectivity index (χ1v) is 9.64. The van der Waals surface area contributed by atoms with Crippen LogP contribution in [-0.4, -0.2) is 29.3 Å². The van der Waals surface area contributed by atoms with Crippen molar-refractivity contribution < 1.29 is 9.59 Å². The van der Waals surface area contributed by atoms with E-state index in [9.17, 15) is 9.59 Å². The zero-order chi connectivity index (χ0) is 20.0. The minimum absolute atomic E-state index is 0.0358. The highest BCUT2D eigenvalue weighted by Gasteiger charge is 2.26. The molecular formula is C21H24Cl2N2O2. The molecule has 0 fully saturated rings. The molecule has 2 rings (SSSR count). The summed E-state index contributed by atoms with van der Waals surface area (Å²) in [5.41, 5.74) is 2.66. The van der Waals surface area contributed by atoms with Crippen molar-refractivity contribution in [1.29, 1.82) is 0 Å². The minimum atomic E-state index is -0.611. The van der Waals surface area contributed by atoms with Crippen molar-refractivity contribution in [2.24, 2.45) is 0 Å². The van der Waals surface area contributed by atoms with Crippen LogP contribution in [0.3, 0.4) is 0 Å². The molecule has 0 radical (unpaired) electrons. The molecule has 0 bridgehead atoms. The molecule has 2 aromatic rings. The molecule has 0 saturated heterocycles. The molecule has 27 heavy (non-hydrogen) atoms. The molecule has 0 aliphatic rings. The molecule has 1 unspecified atom stereocenters. The molecule has 2 aromatic carbocycles. The quantitative estimate of drug-likeness (QED) is 0.740. The number of hydrogen-bond acceptors (Lipinski definition) is 2. The van der Waals surface area contributed by atoms with Gasteiger partial charge in [-0.1, -0.05) is 59.1 Å². The molecule has 1 N–H and O–H groups in total. The SMILES string of the molecule is CCNC(=O)C(C)N(Cc1ccc(C)cc1)C(=O)Cc1c(Cl)cccc1Cl. The van der Waals surface area contributed by atoms with Crippen LogP contribution in [0.4, 0.5) is 0 Å². The van der Waals surface area contributed by atoms with E-state index in [0.717, 1.165) is 11.1 Å². The molecule has 6 heteroatoms. The van der Waals surface area contributed by atoms with Gasteiger partial charge in [0.1, 0.15) is 6.04 Å². The van der Waals surface area contributed by atoms with Gasteiger partial charge in [-0.15, -0.1) is 0 Å². The lowest BCUT2D eigenvalue weighted by atomic mass is 10.1. The average molecular weight is 407 g/mol. The lowest BCUT2D eigenvalue weighted by Crippen LogP contribution is -2.48. The Hall–Kier alpha value is -2.04. The van der Waals surface area contributed by atoms with Crippen LogP contribution in [0.15, 0.2) is 42.5 Å². The van der Waals surface area contributed by atoms with Crippen LogP contribution in [0.25, 0.3) is 0 Å². The zero-order valence-corrected chi connectivity index (χ0v) is 17.3. The normalized spacial score (nSPS) is 11.7. The molecule has 0 aliphatic heterocycles. The molecule has 1 atom stereocenters. The third-order valence-corrected chi connectivity index (χ3v) is 5.09. The van der Waals surface area contributed by atoms with E-state index < -0.39 is 6.04 Å². The number of rotatable bonds is 7. The van der Waals surface area contributed by atoms with Crippen molar-refractivity contribution in [2.45, 2.75) is 39.8 Å². The Kier molecular flexibility index (Phi) is 7.69. The first-order valence-electron chi connectivity index (χ1n) is 8.89. The van der Waals surface area contributed by atoms with Gasteiger partial charge >= 0.3 is 0 Å². The maximum absolute atomic E-state index is 13.1. The minimum Gasteiger partial charge on any atom is -0.355 e. The van der Waals surface area contributed by atoms with Crippen molar-refractivity contribution in [3.05, 3.63) is 69.2 Å². The lowest BCUT2D eigenvalue weighted by Gasteiger charge is -2.29. The highest BCUT2D eigenvalue weighted by Crippen LogP contribution is 2.26. The molecule has 4 nitrogen and oxygen atoms in total. The molecule has 0 aliphatic carbocycles. The maximum atomic E-state index is 13.1. The highest BCUT2D eigenvalue weighted by atomic mass is 35.5. The first-order chi connectivity index (χ1) is 12.8. The molecule has 2 amide bonds. The number of benzene rings is 2. The number of amides is 2. The van der Waals surface area contributed by atoms with E-state index >= 15 is 0 Å². The second-order valence-electron chi connectivity index (χ2n) is 6.45. The zero-order valence-electron chi connectivity index (χ0n) is 15.8. The van der Waals surface area contributed by atoms with E-state index in [1.54, 1.807) is 30.0 Å². The van der Waals surface area contributed by atoms with E-state index in [4.69, 9.17) is 23.2 Å². The van der Waals surface area contributed by atoms with Crippen molar-refractivity contribution in [3.8, 4) is 0 Å². The predicted octanol–water partition coefficient (Wildman–Crippen LogP) is 4.40. The Labute approximate surface area is 170 Å². The molecule has 0 aromatic heterocycles. The summed E-state index contributed by atoms with van der Waals surface area (Å²) in [7, 11) is 0. The van der Waals surface area contributed by atoms with Crippen molar-refractivity contribution in [1.82, 2.24) is 10.2 Å². The van der Waals surface area contributed by atoms with Crippen LogP contribution in [0, 0.1) is 6.92 Å². The summed E-state index contributed by atoms with van der Waals surface area (Å²) < 4.78 is 0. The third-order valence-electron chi connectivity index (χ3n) is 4.38. The van der Waals surface area contributed by atoms with Gasteiger partial charge in [0.15, 0.2) is 0 Å². The molecule has 0 saturated carbocycles. The predicted molar refractivity (Wildman–Crippen MR) is 110 cm³/mol. The van der Waals surface area contributed by atoms with Crippen molar-refractivity contribution in [2.75, 3.05) is 6.54 Å². The lowest BCUT2D eigenvalue weighted by molar-refractivity contribution is -0.140. The number of nitrogens with one attached hydrogen (secondary N) is 1. The Morgan fingerprint density at radius 1 is 1.07 bits per heavy atom. The van der Waals surface area contributed by atoms with Gasteiger partial charge in [0.2, 0.25) is 11.8 Å². The Morgan fingerprint density at radius 3 is 2.22 bits per heavy atom. The number of carbonyl (C=O) groups excluding carboxylic acids is 2. The molecular weight excluding hydrogens is 383 g/mol. The van der Waals surface area contributed by atoms with Gasteiger partial charge < -0.3 is 10.2 Å². The Balaban J connectivity index is 2.28. The molecule has 144 valence electrons. The van der Waals surface area contributed by atoms with Gasteiger partial charge in [-0.25, -0.2) is 0 Å². The number of carbonyl (C=O) groups is 2. The summed E-state index contributed by atoms with van der Waals surface area (Å²) in [4.78, 5) is 27.0. The number of halogens is 2. The number of likely N-dealkylation sites (N-methyl/N-ethyl adjacent to an activating group) is 1. The van der Waals surface area contributed by atoms with E-state index in [1.165, 1.54) is 0 Å². The average Bonchev–Trinajstić information content (AvgIpc) is 2.64. The smallest absolute Gasteiger partial charge is 0.242 e. The van der Waals surface area contributed by atoms with Gasteiger partial charge in [0.25, 0.3) is 0 Å². The van der Waals surface area contributed by atoms with E-state index in [-0.39, 0.29) is 18.2 Å². The second-order valence-corrected chi connectivity index (χ2v) is 7.27. The first kappa shape index (κ1) is 21.3. The second kappa shape index (κ2) is 9.77. The maximum Gasteiger partial charge on any atom is 0.242 e. The topological polar surface area (TPSA) is 49.4 Å². The summed E-state index contributed by atoms with van der Waals surface area (Å²) in [6, 6.07) is 12.4. The van der Waals surface area contributed by atoms with Crippen LogP contribution < -0.4 is 5.32 Å². The number of nitrogens with zero attached hydrogens (tertiary/aromatic N) is 1. The van der Waals surface area contributed by atoms with Crippen LogP contribution in [0.1, 0.15) is 30.5 Å². The van der Waals surface area contributed by atoms with Gasteiger partial charge in [-0.05, 0) is 44.0 Å². The van der Waals surface area contributed by atoms with E-state index in [1.807, 2.05) is 38.1 Å². The van der Waals surface area contributed by atoms with Gasteiger partial charge in [0, 0.05) is 23.1 Å². The van der Waals surface area contributed by atoms with Crippen molar-refractivity contribution in [3.63, 3.8) is 0 Å². The number of hydrogen-bond donors (Lipinski definition) is 1. The fourth-order valence-electron chi connectivity index (χ4n) is 2.75. The van der Waals surface area contributed by atoms with Crippen LogP contribution in [0.5, 0.6) is 0 Å². The van der Waals surface area contributed by atoms with Crippen LogP contribution in [0.2, 0.25) is 10.0 Å². The standard InChI is InChI=1S/C21H24Cl2N2O2/c1-4-24-21(27)15(3)25(13-16-10-8-14(2)9-11-16)20(26)12-17-18(22)6-5-7-19(17)23/h5-11,15H,4,12-13H2,1-3H3,(H,24,27). The highest BCUT2D eigenvalue weighted by molar-refractivity contribution is 6.36. The largest absolute Gasteiger partial charge is 0.355 e. The summed E-state index contributed by atoms with van der Waals surface area (Å²) in [5.74, 6) is -0.396. The molecule has 0 spiro atoms. The fraction of sp³-hybridized carbons (Fsp3) is 0.333. The fourth-order valence-corrected chi connectivity index (χ4v) is 3.28. The Morgan fingerprint density at radius 2 is 1.67 bits per heavy atom. The summed E-state index contributed by atoms with van der Waals surface area (Å²) >= 11 is 12.4.